The SMILES string of the molecule is CC1[C@@H]2[C@@H](CC[C@]3(C)CC(Oc4ccc(C#N)cc4)C[C@@H]23)[C@@]2(C)CCC(=O)C=C2N1C. The van der Waals surface area contributed by atoms with Crippen molar-refractivity contribution >= 4 is 5.78 Å². The van der Waals surface area contributed by atoms with Crippen molar-refractivity contribution in [1.29, 1.82) is 5.26 Å². The van der Waals surface area contributed by atoms with E-state index in [4.69, 9.17) is 10.00 Å². The van der Waals surface area contributed by atoms with Gasteiger partial charge in [-0.05, 0) is 86.5 Å². The first-order valence-corrected chi connectivity index (χ1v) is 11.9. The van der Waals surface area contributed by atoms with E-state index in [0.717, 1.165) is 25.0 Å². The molecule has 5 rings (SSSR count). The van der Waals surface area contributed by atoms with Gasteiger partial charge in [0.05, 0.1) is 17.7 Å². The number of ketones is 1. The van der Waals surface area contributed by atoms with Crippen molar-refractivity contribution in [1.82, 2.24) is 4.90 Å². The number of carbonyl (C=O) groups excluding carboxylic acids is 1. The number of fused-ring (bicyclic) bond motifs is 5. The van der Waals surface area contributed by atoms with E-state index in [0.29, 0.717) is 47.0 Å². The first-order valence-electron chi connectivity index (χ1n) is 11.9. The van der Waals surface area contributed by atoms with Crippen LogP contribution in [0.3, 0.4) is 0 Å². The van der Waals surface area contributed by atoms with Crippen molar-refractivity contribution in [3.63, 3.8) is 0 Å². The molecule has 31 heavy (non-hydrogen) atoms. The van der Waals surface area contributed by atoms with Crippen LogP contribution < -0.4 is 4.74 Å². The van der Waals surface area contributed by atoms with Gasteiger partial charge in [-0.3, -0.25) is 4.79 Å². The minimum absolute atomic E-state index is 0.118. The van der Waals surface area contributed by atoms with Crippen LogP contribution in [0.2, 0.25) is 0 Å². The predicted molar refractivity (Wildman–Crippen MR) is 120 cm³/mol. The molecule has 0 radical (unpaired) electrons. The topological polar surface area (TPSA) is 53.3 Å². The lowest BCUT2D eigenvalue weighted by molar-refractivity contribution is -0.121. The molecular formula is C27H34N2O2. The van der Waals surface area contributed by atoms with Gasteiger partial charge in [0.2, 0.25) is 0 Å². The largest absolute Gasteiger partial charge is 0.490 e. The second-order valence-corrected chi connectivity index (χ2v) is 11.1. The molecule has 0 N–H and O–H groups in total. The van der Waals surface area contributed by atoms with Crippen LogP contribution in [-0.2, 0) is 4.79 Å². The highest BCUT2D eigenvalue weighted by atomic mass is 16.5. The lowest BCUT2D eigenvalue weighted by atomic mass is 9.49. The molecule has 1 aromatic rings. The minimum Gasteiger partial charge on any atom is -0.490 e. The van der Waals surface area contributed by atoms with Crippen molar-refractivity contribution in [2.75, 3.05) is 7.05 Å². The average molecular weight is 419 g/mol. The summed E-state index contributed by atoms with van der Waals surface area (Å²) in [6, 6.07) is 10.2. The monoisotopic (exact) mass is 418 g/mol. The van der Waals surface area contributed by atoms with E-state index in [1.807, 2.05) is 30.3 Å². The zero-order valence-electron chi connectivity index (χ0n) is 19.2. The maximum atomic E-state index is 12.2. The Morgan fingerprint density at radius 2 is 1.90 bits per heavy atom. The van der Waals surface area contributed by atoms with Gasteiger partial charge in [-0.1, -0.05) is 13.8 Å². The molecule has 1 aromatic carbocycles. The van der Waals surface area contributed by atoms with Crippen LogP contribution in [0.25, 0.3) is 0 Å². The Morgan fingerprint density at radius 3 is 2.61 bits per heavy atom. The van der Waals surface area contributed by atoms with E-state index < -0.39 is 0 Å². The van der Waals surface area contributed by atoms with Crippen molar-refractivity contribution in [3.8, 4) is 11.8 Å². The highest BCUT2D eigenvalue weighted by Crippen LogP contribution is 2.65. The summed E-state index contributed by atoms with van der Waals surface area (Å²) >= 11 is 0. The van der Waals surface area contributed by atoms with Crippen LogP contribution in [0.4, 0.5) is 0 Å². The van der Waals surface area contributed by atoms with Gasteiger partial charge in [-0.2, -0.15) is 5.26 Å². The minimum atomic E-state index is 0.118. The number of rotatable bonds is 2. The fourth-order valence-electron chi connectivity index (χ4n) is 7.75. The number of benzene rings is 1. The normalized spacial score (nSPS) is 41.5. The van der Waals surface area contributed by atoms with Crippen LogP contribution in [0.15, 0.2) is 36.0 Å². The highest BCUT2D eigenvalue weighted by Gasteiger charge is 2.61. The van der Waals surface area contributed by atoms with Crippen LogP contribution in [0.1, 0.15) is 64.9 Å². The van der Waals surface area contributed by atoms with Crippen molar-refractivity contribution in [3.05, 3.63) is 41.6 Å². The highest BCUT2D eigenvalue weighted by molar-refractivity contribution is 5.91. The number of allylic oxidation sites excluding steroid dienone is 2. The standard InChI is InChI=1S/C27H34N2O2/c1-17-25-22(27(3)12-9-19(30)13-24(27)29(17)4)10-11-26(2)15-21(14-23(25)26)31-20-7-5-18(16-28)6-8-20/h5-8,13,17,21-23,25H,9-12,14-15H2,1-4H3/t17?,21?,22-,23+,25-,26-,27-/m1/s1. The molecule has 2 saturated carbocycles. The van der Waals surface area contributed by atoms with Gasteiger partial charge in [0, 0.05) is 36.7 Å². The molecule has 7 atom stereocenters. The van der Waals surface area contributed by atoms with Gasteiger partial charge in [0.15, 0.2) is 5.78 Å². The molecule has 1 aliphatic heterocycles. The number of hydrogen-bond donors (Lipinski definition) is 0. The quantitative estimate of drug-likeness (QED) is 0.651. The third-order valence-electron chi connectivity index (χ3n) is 9.49. The lowest BCUT2D eigenvalue weighted by Gasteiger charge is -2.62. The van der Waals surface area contributed by atoms with E-state index in [9.17, 15) is 4.79 Å². The number of piperidine rings is 1. The Hall–Kier alpha value is -2.28. The molecule has 0 aromatic heterocycles. The number of ether oxygens (including phenoxy) is 1. The van der Waals surface area contributed by atoms with E-state index >= 15 is 0 Å². The Balaban J connectivity index is 1.42. The fourth-order valence-corrected chi connectivity index (χ4v) is 7.75. The van der Waals surface area contributed by atoms with Crippen molar-refractivity contribution in [2.24, 2.45) is 28.6 Å². The zero-order valence-corrected chi connectivity index (χ0v) is 19.2. The summed E-state index contributed by atoms with van der Waals surface area (Å²) in [7, 11) is 2.20. The maximum absolute atomic E-state index is 12.2. The van der Waals surface area contributed by atoms with Crippen molar-refractivity contribution in [2.45, 2.75) is 71.4 Å². The summed E-state index contributed by atoms with van der Waals surface area (Å²) in [6.45, 7) is 7.28. The van der Waals surface area contributed by atoms with Gasteiger partial charge in [-0.15, -0.1) is 0 Å². The van der Waals surface area contributed by atoms with Crippen LogP contribution in [-0.4, -0.2) is 29.9 Å². The number of nitriles is 1. The Labute approximate surface area is 186 Å². The summed E-state index contributed by atoms with van der Waals surface area (Å²) < 4.78 is 6.44. The first-order chi connectivity index (χ1) is 14.7. The summed E-state index contributed by atoms with van der Waals surface area (Å²) in [5, 5.41) is 9.04. The summed E-state index contributed by atoms with van der Waals surface area (Å²) in [5.74, 6) is 3.09. The molecule has 4 aliphatic rings. The zero-order chi connectivity index (χ0) is 22.0. The third-order valence-corrected chi connectivity index (χ3v) is 9.49. The molecule has 4 heteroatoms. The predicted octanol–water partition coefficient (Wildman–Crippen LogP) is 5.34. The summed E-state index contributed by atoms with van der Waals surface area (Å²) in [6.07, 6.45) is 8.58. The molecule has 0 bridgehead atoms. The maximum Gasteiger partial charge on any atom is 0.157 e. The lowest BCUT2D eigenvalue weighted by Crippen LogP contribution is -2.60. The van der Waals surface area contributed by atoms with Crippen molar-refractivity contribution < 1.29 is 9.53 Å². The van der Waals surface area contributed by atoms with Gasteiger partial charge < -0.3 is 9.64 Å². The Kier molecular flexibility index (Phi) is 4.73. The number of carbonyl (C=O) groups is 1. The number of likely N-dealkylation sites (tertiary alicyclic amines) is 1. The van der Waals surface area contributed by atoms with Gasteiger partial charge in [0.25, 0.3) is 0 Å². The van der Waals surface area contributed by atoms with E-state index in [1.165, 1.54) is 18.5 Å². The van der Waals surface area contributed by atoms with Crippen LogP contribution in [0, 0.1) is 39.9 Å². The summed E-state index contributed by atoms with van der Waals surface area (Å²) in [4.78, 5) is 14.7. The Morgan fingerprint density at radius 1 is 1.16 bits per heavy atom. The van der Waals surface area contributed by atoms with Gasteiger partial charge in [0.1, 0.15) is 5.75 Å². The molecule has 4 nitrogen and oxygen atoms in total. The molecule has 164 valence electrons. The van der Waals surface area contributed by atoms with E-state index in [-0.39, 0.29) is 11.5 Å². The third kappa shape index (κ3) is 3.12. The van der Waals surface area contributed by atoms with Gasteiger partial charge in [-0.25, -0.2) is 0 Å². The molecular weight excluding hydrogens is 384 g/mol. The second kappa shape index (κ2) is 7.12. The van der Waals surface area contributed by atoms with Gasteiger partial charge >= 0.3 is 0 Å². The molecule has 1 saturated heterocycles. The molecule has 3 aliphatic carbocycles. The Bertz CT molecular complexity index is 960. The number of nitrogens with zero attached hydrogens (tertiary/aromatic N) is 2. The van der Waals surface area contributed by atoms with Crippen LogP contribution >= 0.6 is 0 Å². The molecule has 3 fully saturated rings. The van der Waals surface area contributed by atoms with E-state index in [2.05, 4.69) is 38.8 Å². The average Bonchev–Trinajstić information content (AvgIpc) is 3.09. The second-order valence-electron chi connectivity index (χ2n) is 11.1. The molecule has 0 amide bonds. The molecule has 2 unspecified atom stereocenters. The molecule has 1 heterocycles. The van der Waals surface area contributed by atoms with Crippen LogP contribution in [0.5, 0.6) is 5.75 Å². The first kappa shape index (κ1) is 20.6. The summed E-state index contributed by atoms with van der Waals surface area (Å²) in [5.41, 5.74) is 2.39. The van der Waals surface area contributed by atoms with E-state index in [1.54, 1.807) is 0 Å². The smallest absolute Gasteiger partial charge is 0.157 e. The number of hydrogen-bond acceptors (Lipinski definition) is 4. The fraction of sp³-hybridized carbons (Fsp3) is 0.630. The molecule has 0 spiro atoms.